The number of sulfonamides is 1. The molecule has 2 aromatic rings. The standard InChI is InChI=1S/C22H28N2O3S/c1-15-5-6-18(4)21(12-15)28(26,27)23-20-9-7-19(8-10-20)22(25)24-13-16(2)11-17(3)14-24/h5-10,12,16-17,23H,11,13-14H2,1-4H3/t16-,17+. The van der Waals surface area contributed by atoms with Gasteiger partial charge in [0.15, 0.2) is 0 Å². The summed E-state index contributed by atoms with van der Waals surface area (Å²) in [6.07, 6.45) is 1.14. The molecule has 0 radical (unpaired) electrons. The van der Waals surface area contributed by atoms with Crippen molar-refractivity contribution in [3.8, 4) is 0 Å². The summed E-state index contributed by atoms with van der Waals surface area (Å²) in [6.45, 7) is 9.51. The Morgan fingerprint density at radius 3 is 2.21 bits per heavy atom. The molecule has 0 unspecified atom stereocenters. The predicted molar refractivity (Wildman–Crippen MR) is 112 cm³/mol. The number of nitrogens with one attached hydrogen (secondary N) is 1. The van der Waals surface area contributed by atoms with E-state index in [0.717, 1.165) is 25.1 Å². The maximum absolute atomic E-state index is 12.8. The van der Waals surface area contributed by atoms with E-state index in [1.54, 1.807) is 43.3 Å². The molecule has 0 aromatic heterocycles. The normalized spacial score (nSPS) is 20.1. The number of benzene rings is 2. The van der Waals surface area contributed by atoms with Gasteiger partial charge in [-0.05, 0) is 73.6 Å². The topological polar surface area (TPSA) is 66.5 Å². The number of carbonyl (C=O) groups is 1. The first-order valence-corrected chi connectivity index (χ1v) is 11.1. The lowest BCUT2D eigenvalue weighted by molar-refractivity contribution is 0.0623. The van der Waals surface area contributed by atoms with Gasteiger partial charge in [0.25, 0.3) is 15.9 Å². The van der Waals surface area contributed by atoms with Crippen molar-refractivity contribution in [2.24, 2.45) is 11.8 Å². The summed E-state index contributed by atoms with van der Waals surface area (Å²) in [5.41, 5.74) is 2.60. The zero-order chi connectivity index (χ0) is 20.5. The SMILES string of the molecule is Cc1ccc(C)c(S(=O)(=O)Nc2ccc(C(=O)N3C[C@H](C)C[C@H](C)C3)cc2)c1. The molecule has 1 heterocycles. The molecular formula is C22H28N2O3S. The first-order chi connectivity index (χ1) is 13.2. The lowest BCUT2D eigenvalue weighted by Gasteiger charge is -2.35. The molecule has 2 aromatic carbocycles. The van der Waals surface area contributed by atoms with Gasteiger partial charge in [0.2, 0.25) is 0 Å². The van der Waals surface area contributed by atoms with Gasteiger partial charge in [-0.15, -0.1) is 0 Å². The second-order valence-electron chi connectivity index (χ2n) is 8.11. The van der Waals surface area contributed by atoms with Gasteiger partial charge >= 0.3 is 0 Å². The average Bonchev–Trinajstić information content (AvgIpc) is 2.62. The van der Waals surface area contributed by atoms with E-state index in [1.165, 1.54) is 0 Å². The number of nitrogens with zero attached hydrogens (tertiary/aromatic N) is 1. The smallest absolute Gasteiger partial charge is 0.262 e. The Bertz CT molecular complexity index is 958. The summed E-state index contributed by atoms with van der Waals surface area (Å²) in [5.74, 6) is 0.995. The fourth-order valence-corrected chi connectivity index (χ4v) is 5.29. The Balaban J connectivity index is 1.75. The highest BCUT2D eigenvalue weighted by Crippen LogP contribution is 2.24. The van der Waals surface area contributed by atoms with Gasteiger partial charge in [-0.2, -0.15) is 0 Å². The Kier molecular flexibility index (Phi) is 5.79. The maximum atomic E-state index is 12.8. The summed E-state index contributed by atoms with van der Waals surface area (Å²) in [6, 6.07) is 12.0. The number of likely N-dealkylation sites (tertiary alicyclic amines) is 1. The molecule has 2 atom stereocenters. The molecule has 5 nitrogen and oxygen atoms in total. The molecule has 0 saturated carbocycles. The van der Waals surface area contributed by atoms with Crippen LogP contribution < -0.4 is 4.72 Å². The van der Waals surface area contributed by atoms with E-state index in [4.69, 9.17) is 0 Å². The molecule has 150 valence electrons. The van der Waals surface area contributed by atoms with Crippen LogP contribution in [0.15, 0.2) is 47.4 Å². The van der Waals surface area contributed by atoms with Crippen LogP contribution >= 0.6 is 0 Å². The molecule has 6 heteroatoms. The molecule has 28 heavy (non-hydrogen) atoms. The lowest BCUT2D eigenvalue weighted by atomic mass is 9.91. The predicted octanol–water partition coefficient (Wildman–Crippen LogP) is 4.22. The summed E-state index contributed by atoms with van der Waals surface area (Å²) >= 11 is 0. The molecule has 0 spiro atoms. The molecule has 0 bridgehead atoms. The first kappa shape index (κ1) is 20.4. The highest BCUT2D eigenvalue weighted by molar-refractivity contribution is 7.92. The number of hydrogen-bond acceptors (Lipinski definition) is 3. The highest BCUT2D eigenvalue weighted by Gasteiger charge is 2.26. The van der Waals surface area contributed by atoms with E-state index in [-0.39, 0.29) is 10.8 Å². The Morgan fingerprint density at radius 1 is 1.00 bits per heavy atom. The number of hydrogen-bond donors (Lipinski definition) is 1. The van der Waals surface area contributed by atoms with Crippen LogP contribution in [0, 0.1) is 25.7 Å². The summed E-state index contributed by atoms with van der Waals surface area (Å²) in [4.78, 5) is 14.9. The van der Waals surface area contributed by atoms with E-state index in [2.05, 4.69) is 18.6 Å². The molecule has 1 N–H and O–H groups in total. The average molecular weight is 401 g/mol. The lowest BCUT2D eigenvalue weighted by Crippen LogP contribution is -2.42. The van der Waals surface area contributed by atoms with Crippen molar-refractivity contribution in [3.05, 3.63) is 59.2 Å². The second-order valence-corrected chi connectivity index (χ2v) is 9.76. The van der Waals surface area contributed by atoms with E-state index >= 15 is 0 Å². The Hall–Kier alpha value is -2.34. The monoisotopic (exact) mass is 400 g/mol. The quantitative estimate of drug-likeness (QED) is 0.835. The molecular weight excluding hydrogens is 372 g/mol. The number of amides is 1. The largest absolute Gasteiger partial charge is 0.338 e. The number of anilines is 1. The van der Waals surface area contributed by atoms with E-state index in [9.17, 15) is 13.2 Å². The van der Waals surface area contributed by atoms with Crippen LogP contribution in [0.5, 0.6) is 0 Å². The summed E-state index contributed by atoms with van der Waals surface area (Å²) in [5, 5.41) is 0. The molecule has 1 fully saturated rings. The molecule has 1 amide bonds. The fraction of sp³-hybridized carbons (Fsp3) is 0.409. The summed E-state index contributed by atoms with van der Waals surface area (Å²) in [7, 11) is -3.68. The van der Waals surface area contributed by atoms with E-state index < -0.39 is 10.0 Å². The van der Waals surface area contributed by atoms with Crippen molar-refractivity contribution in [2.75, 3.05) is 17.8 Å². The molecule has 1 saturated heterocycles. The Labute approximate surface area is 167 Å². The molecule has 3 rings (SSSR count). The van der Waals surface area contributed by atoms with Crippen molar-refractivity contribution in [1.29, 1.82) is 0 Å². The minimum Gasteiger partial charge on any atom is -0.338 e. The van der Waals surface area contributed by atoms with Crippen molar-refractivity contribution >= 4 is 21.6 Å². The van der Waals surface area contributed by atoms with Crippen molar-refractivity contribution < 1.29 is 13.2 Å². The van der Waals surface area contributed by atoms with Crippen LogP contribution in [-0.4, -0.2) is 32.3 Å². The van der Waals surface area contributed by atoms with E-state index in [0.29, 0.717) is 28.7 Å². The summed E-state index contributed by atoms with van der Waals surface area (Å²) < 4.78 is 28.1. The third-order valence-corrected chi connectivity index (χ3v) is 6.70. The molecule has 0 aliphatic carbocycles. The van der Waals surface area contributed by atoms with Crippen LogP contribution in [0.2, 0.25) is 0 Å². The van der Waals surface area contributed by atoms with Crippen LogP contribution in [0.1, 0.15) is 41.8 Å². The van der Waals surface area contributed by atoms with Crippen molar-refractivity contribution in [2.45, 2.75) is 39.0 Å². The number of rotatable bonds is 4. The molecule has 1 aliphatic heterocycles. The second kappa shape index (κ2) is 7.95. The van der Waals surface area contributed by atoms with Gasteiger partial charge in [0, 0.05) is 24.3 Å². The third kappa shape index (κ3) is 4.55. The van der Waals surface area contributed by atoms with Crippen LogP contribution in [-0.2, 0) is 10.0 Å². The van der Waals surface area contributed by atoms with Crippen LogP contribution in [0.4, 0.5) is 5.69 Å². The van der Waals surface area contributed by atoms with Gasteiger partial charge in [0.1, 0.15) is 0 Å². The Morgan fingerprint density at radius 2 is 1.61 bits per heavy atom. The minimum absolute atomic E-state index is 0.00216. The minimum atomic E-state index is -3.68. The van der Waals surface area contributed by atoms with Crippen LogP contribution in [0.25, 0.3) is 0 Å². The maximum Gasteiger partial charge on any atom is 0.262 e. The number of piperidine rings is 1. The zero-order valence-corrected chi connectivity index (χ0v) is 17.7. The van der Waals surface area contributed by atoms with Gasteiger partial charge in [-0.25, -0.2) is 8.42 Å². The van der Waals surface area contributed by atoms with Gasteiger partial charge in [-0.3, -0.25) is 9.52 Å². The molecule has 1 aliphatic rings. The highest BCUT2D eigenvalue weighted by atomic mass is 32.2. The van der Waals surface area contributed by atoms with Gasteiger partial charge in [0.05, 0.1) is 4.90 Å². The van der Waals surface area contributed by atoms with E-state index in [1.807, 2.05) is 17.9 Å². The number of carbonyl (C=O) groups excluding carboxylic acids is 1. The van der Waals surface area contributed by atoms with Crippen LogP contribution in [0.3, 0.4) is 0 Å². The van der Waals surface area contributed by atoms with Crippen molar-refractivity contribution in [3.63, 3.8) is 0 Å². The zero-order valence-electron chi connectivity index (χ0n) is 16.9. The van der Waals surface area contributed by atoms with Gasteiger partial charge < -0.3 is 4.90 Å². The first-order valence-electron chi connectivity index (χ1n) is 9.65. The third-order valence-electron chi connectivity index (χ3n) is 5.17. The fourth-order valence-electron chi connectivity index (χ4n) is 3.90. The van der Waals surface area contributed by atoms with Gasteiger partial charge in [-0.1, -0.05) is 26.0 Å². The number of aryl methyl sites for hydroxylation is 2. The van der Waals surface area contributed by atoms with Crippen molar-refractivity contribution in [1.82, 2.24) is 4.90 Å².